The highest BCUT2D eigenvalue weighted by Crippen LogP contribution is 2.08. The average molecular weight is 336 g/mol. The zero-order chi connectivity index (χ0) is 18.7. The molecule has 0 rings (SSSR count). The smallest absolute Gasteiger partial charge is 0.328 e. The number of aliphatic hydroxyl groups excluding tert-OH is 3. The molecule has 0 spiro atoms. The van der Waals surface area contributed by atoms with Gasteiger partial charge in [0.25, 0.3) is 0 Å². The van der Waals surface area contributed by atoms with E-state index < -0.39 is 24.3 Å². The average Bonchev–Trinajstić information content (AvgIpc) is 2.44. The van der Waals surface area contributed by atoms with E-state index >= 15 is 0 Å². The molecule has 0 aliphatic rings. The molecule has 24 heavy (non-hydrogen) atoms. The first-order valence-electron chi connectivity index (χ1n) is 7.78. The summed E-state index contributed by atoms with van der Waals surface area (Å²) >= 11 is 0. The Kier molecular flexibility index (Phi) is 10.6. The van der Waals surface area contributed by atoms with Crippen LogP contribution in [-0.4, -0.2) is 44.7 Å². The lowest BCUT2D eigenvalue weighted by Crippen LogP contribution is -2.27. The summed E-state index contributed by atoms with van der Waals surface area (Å²) in [5.74, 6) is -0.985. The minimum Gasteiger partial charge on any atom is -0.478 e. The fraction of sp³-hybridized carbons (Fsp3) is 0.421. The third kappa shape index (κ3) is 11.6. The molecule has 0 aliphatic heterocycles. The molecule has 0 fully saturated rings. The molecule has 0 aromatic carbocycles. The van der Waals surface area contributed by atoms with E-state index in [1.165, 1.54) is 12.2 Å². The van der Waals surface area contributed by atoms with Gasteiger partial charge in [0.1, 0.15) is 0 Å². The highest BCUT2D eigenvalue weighted by molar-refractivity contribution is 5.80. The van der Waals surface area contributed by atoms with Crippen molar-refractivity contribution in [3.63, 3.8) is 0 Å². The number of rotatable bonds is 9. The second-order valence-electron chi connectivity index (χ2n) is 5.88. The predicted octanol–water partition coefficient (Wildman–Crippen LogP) is 2.52. The topological polar surface area (TPSA) is 98.0 Å². The van der Waals surface area contributed by atoms with Crippen LogP contribution >= 0.6 is 0 Å². The first kappa shape index (κ1) is 22.1. The summed E-state index contributed by atoms with van der Waals surface area (Å²) < 4.78 is 0. The van der Waals surface area contributed by atoms with Gasteiger partial charge in [0.15, 0.2) is 0 Å². The van der Waals surface area contributed by atoms with Gasteiger partial charge in [-0.2, -0.15) is 0 Å². The Morgan fingerprint density at radius 2 is 1.58 bits per heavy atom. The van der Waals surface area contributed by atoms with Crippen LogP contribution in [0.4, 0.5) is 0 Å². The number of aliphatic hydroxyl groups is 3. The Morgan fingerprint density at radius 1 is 0.958 bits per heavy atom. The maximum Gasteiger partial charge on any atom is 0.328 e. The molecule has 5 heteroatoms. The molecule has 0 heterocycles. The molecule has 4 N–H and O–H groups in total. The summed E-state index contributed by atoms with van der Waals surface area (Å²) in [6.45, 7) is 7.06. The summed E-state index contributed by atoms with van der Waals surface area (Å²) in [6, 6.07) is 0. The van der Waals surface area contributed by atoms with Gasteiger partial charge in [-0.15, -0.1) is 0 Å². The fourth-order valence-electron chi connectivity index (χ4n) is 1.93. The molecule has 5 nitrogen and oxygen atoms in total. The minimum atomic E-state index is -1.03. The first-order valence-corrected chi connectivity index (χ1v) is 7.78. The summed E-state index contributed by atoms with van der Waals surface area (Å²) in [5.41, 5.74) is 2.55. The molecule has 0 aromatic rings. The molecular formula is C19H28O5. The van der Waals surface area contributed by atoms with Gasteiger partial charge in [0, 0.05) is 12.5 Å². The van der Waals surface area contributed by atoms with E-state index in [4.69, 9.17) is 5.11 Å². The molecule has 0 radical (unpaired) electrons. The maximum absolute atomic E-state index is 10.4. The van der Waals surface area contributed by atoms with Crippen molar-refractivity contribution in [2.24, 2.45) is 0 Å². The van der Waals surface area contributed by atoms with Crippen LogP contribution in [-0.2, 0) is 4.79 Å². The lowest BCUT2D eigenvalue weighted by molar-refractivity contribution is -0.131. The Hall–Kier alpha value is -1.95. The van der Waals surface area contributed by atoms with Gasteiger partial charge in [-0.25, -0.2) is 4.79 Å². The van der Waals surface area contributed by atoms with Crippen LogP contribution in [0.25, 0.3) is 0 Å². The molecule has 0 bridgehead atoms. The molecule has 0 aliphatic carbocycles. The lowest BCUT2D eigenvalue weighted by atomic mass is 10.0. The molecule has 0 saturated heterocycles. The van der Waals surface area contributed by atoms with E-state index in [0.717, 1.165) is 22.8 Å². The Balaban J connectivity index is 4.74. The Bertz CT molecular complexity index is 550. The van der Waals surface area contributed by atoms with E-state index in [1.54, 1.807) is 26.0 Å². The lowest BCUT2D eigenvalue weighted by Gasteiger charge is -2.16. The minimum absolute atomic E-state index is 0.113. The Morgan fingerprint density at radius 3 is 2.12 bits per heavy atom. The van der Waals surface area contributed by atoms with Crippen LogP contribution in [0.15, 0.2) is 59.3 Å². The number of hydrogen-bond acceptors (Lipinski definition) is 4. The number of aliphatic carboxylic acids is 1. The van der Waals surface area contributed by atoms with Crippen molar-refractivity contribution < 1.29 is 25.2 Å². The number of allylic oxidation sites excluding steroid dienone is 8. The summed E-state index contributed by atoms with van der Waals surface area (Å²) in [7, 11) is 0. The predicted molar refractivity (Wildman–Crippen MR) is 95.5 cm³/mol. The van der Waals surface area contributed by atoms with E-state index in [2.05, 4.69) is 0 Å². The zero-order valence-electron chi connectivity index (χ0n) is 14.7. The van der Waals surface area contributed by atoms with Gasteiger partial charge in [-0.05, 0) is 27.7 Å². The third-order valence-corrected chi connectivity index (χ3v) is 3.07. The van der Waals surface area contributed by atoms with Crippen molar-refractivity contribution in [3.8, 4) is 0 Å². The number of hydrogen-bond donors (Lipinski definition) is 4. The highest BCUT2D eigenvalue weighted by Gasteiger charge is 2.15. The van der Waals surface area contributed by atoms with Crippen LogP contribution in [0.2, 0.25) is 0 Å². The van der Waals surface area contributed by atoms with E-state index in [0.29, 0.717) is 0 Å². The number of carboxylic acid groups (broad SMARTS) is 1. The van der Waals surface area contributed by atoms with Gasteiger partial charge in [-0.1, -0.05) is 53.2 Å². The fourth-order valence-corrected chi connectivity index (χ4v) is 1.93. The van der Waals surface area contributed by atoms with Crippen molar-refractivity contribution in [1.29, 1.82) is 0 Å². The summed E-state index contributed by atoms with van der Waals surface area (Å²) in [6.07, 6.45) is 8.85. The van der Waals surface area contributed by atoms with E-state index in [9.17, 15) is 20.1 Å². The van der Waals surface area contributed by atoms with Crippen LogP contribution in [0, 0.1) is 0 Å². The molecular weight excluding hydrogens is 308 g/mol. The van der Waals surface area contributed by atoms with Gasteiger partial charge < -0.3 is 20.4 Å². The third-order valence-electron chi connectivity index (χ3n) is 3.07. The quantitative estimate of drug-likeness (QED) is 0.383. The van der Waals surface area contributed by atoms with Gasteiger partial charge >= 0.3 is 5.97 Å². The van der Waals surface area contributed by atoms with Gasteiger partial charge in [0.2, 0.25) is 0 Å². The van der Waals surface area contributed by atoms with Crippen molar-refractivity contribution in [2.45, 2.75) is 52.4 Å². The van der Waals surface area contributed by atoms with Crippen LogP contribution in [0.5, 0.6) is 0 Å². The normalized spacial score (nSPS) is 18.2. The van der Waals surface area contributed by atoms with Gasteiger partial charge in [-0.3, -0.25) is 0 Å². The molecule has 3 unspecified atom stereocenters. The maximum atomic E-state index is 10.4. The second-order valence-corrected chi connectivity index (χ2v) is 5.88. The monoisotopic (exact) mass is 336 g/mol. The number of carbonyl (C=O) groups is 1. The van der Waals surface area contributed by atoms with Crippen molar-refractivity contribution >= 4 is 5.97 Å². The molecule has 134 valence electrons. The van der Waals surface area contributed by atoms with Gasteiger partial charge in [0.05, 0.1) is 18.3 Å². The van der Waals surface area contributed by atoms with Crippen molar-refractivity contribution in [2.75, 3.05) is 0 Å². The first-order chi connectivity index (χ1) is 11.1. The van der Waals surface area contributed by atoms with Crippen molar-refractivity contribution in [1.82, 2.24) is 0 Å². The summed E-state index contributed by atoms with van der Waals surface area (Å²) in [4.78, 5) is 10.4. The standard InChI is InChI=1S/C19H28O5/c1-13(10-15(3)8-9-19(23)24)6-5-7-14(2)11-17(21)18(22)12-16(4)20/h5-11,16-18,20-22H,12H2,1-4H3,(H,23,24)/b7-5?,9-8+,13-6+,14-11?,15-10+. The molecule has 0 amide bonds. The van der Waals surface area contributed by atoms with Crippen LogP contribution in [0.3, 0.4) is 0 Å². The highest BCUT2D eigenvalue weighted by atomic mass is 16.4. The summed E-state index contributed by atoms with van der Waals surface area (Å²) in [5, 5.41) is 37.3. The second kappa shape index (κ2) is 11.6. The Labute approximate surface area is 143 Å². The zero-order valence-corrected chi connectivity index (χ0v) is 14.7. The molecule has 0 saturated carbocycles. The largest absolute Gasteiger partial charge is 0.478 e. The molecule has 0 aromatic heterocycles. The molecule has 3 atom stereocenters. The van der Waals surface area contributed by atoms with Crippen LogP contribution < -0.4 is 0 Å². The van der Waals surface area contributed by atoms with E-state index in [1.807, 2.05) is 26.0 Å². The van der Waals surface area contributed by atoms with Crippen LogP contribution in [0.1, 0.15) is 34.1 Å². The van der Waals surface area contributed by atoms with Crippen molar-refractivity contribution in [3.05, 3.63) is 59.3 Å². The SMILES string of the molecule is CC(C=C/C=C(C)/C=C(C)/C=C/C(=O)O)=CC(O)C(O)CC(C)O. The number of carboxylic acids is 1. The van der Waals surface area contributed by atoms with E-state index in [-0.39, 0.29) is 6.42 Å².